The van der Waals surface area contributed by atoms with Crippen LogP contribution in [-0.4, -0.2) is 17.8 Å². The van der Waals surface area contributed by atoms with E-state index < -0.39 is 23.3 Å². The molecule has 1 spiro atoms. The van der Waals surface area contributed by atoms with Crippen LogP contribution in [0, 0.1) is 17.3 Å². The van der Waals surface area contributed by atoms with Crippen LogP contribution in [0.4, 0.5) is 4.79 Å². The molecule has 0 bridgehead atoms. The number of rotatable bonds is 1. The van der Waals surface area contributed by atoms with Crippen LogP contribution < -0.4 is 10.6 Å². The zero-order chi connectivity index (χ0) is 12.6. The molecule has 0 aromatic carbocycles. The molecule has 5 heteroatoms. The molecule has 5 nitrogen and oxygen atoms in total. The first-order chi connectivity index (χ1) is 7.98. The van der Waals surface area contributed by atoms with E-state index in [1.807, 2.05) is 26.0 Å². The van der Waals surface area contributed by atoms with Crippen LogP contribution in [-0.2, 0) is 9.59 Å². The van der Waals surface area contributed by atoms with Gasteiger partial charge < -0.3 is 0 Å². The maximum absolute atomic E-state index is 12.1. The standard InChI is InChI=1S/C12H16N2O3/c1-7(2)8-5-3-4-6-12(8)9(15)13-11(17)14-10(12)16/h3-4,7-8H,5-6H2,1-2H3,(H2,13,14,15,16,17). The number of amides is 4. The van der Waals surface area contributed by atoms with Crippen molar-refractivity contribution in [2.75, 3.05) is 0 Å². The molecule has 0 radical (unpaired) electrons. The smallest absolute Gasteiger partial charge is 0.277 e. The van der Waals surface area contributed by atoms with Gasteiger partial charge in [0.1, 0.15) is 5.41 Å². The highest BCUT2D eigenvalue weighted by Crippen LogP contribution is 2.43. The Hall–Kier alpha value is -1.65. The molecular weight excluding hydrogens is 220 g/mol. The lowest BCUT2D eigenvalue weighted by Crippen LogP contribution is -2.65. The molecule has 92 valence electrons. The highest BCUT2D eigenvalue weighted by molar-refractivity contribution is 6.19. The van der Waals surface area contributed by atoms with Crippen LogP contribution >= 0.6 is 0 Å². The van der Waals surface area contributed by atoms with Crippen LogP contribution in [0.3, 0.4) is 0 Å². The Morgan fingerprint density at radius 2 is 1.76 bits per heavy atom. The van der Waals surface area contributed by atoms with E-state index in [2.05, 4.69) is 10.6 Å². The summed E-state index contributed by atoms with van der Waals surface area (Å²) in [6.45, 7) is 3.98. The van der Waals surface area contributed by atoms with E-state index in [0.29, 0.717) is 12.8 Å². The quantitative estimate of drug-likeness (QED) is 0.526. The molecule has 1 heterocycles. The van der Waals surface area contributed by atoms with E-state index in [4.69, 9.17) is 0 Å². The SMILES string of the molecule is CC(C)C1CC=CCC12C(=O)NC(=O)NC2=O. The van der Waals surface area contributed by atoms with E-state index in [-0.39, 0.29) is 11.8 Å². The second-order valence-electron chi connectivity index (χ2n) is 4.97. The van der Waals surface area contributed by atoms with E-state index >= 15 is 0 Å². The van der Waals surface area contributed by atoms with E-state index in [1.54, 1.807) is 0 Å². The molecule has 1 aliphatic heterocycles. The predicted molar refractivity (Wildman–Crippen MR) is 60.8 cm³/mol. The fourth-order valence-electron chi connectivity index (χ4n) is 2.79. The second-order valence-corrected chi connectivity index (χ2v) is 4.97. The average molecular weight is 236 g/mol. The van der Waals surface area contributed by atoms with Crippen molar-refractivity contribution in [3.63, 3.8) is 0 Å². The number of nitrogens with one attached hydrogen (secondary N) is 2. The van der Waals surface area contributed by atoms with Gasteiger partial charge in [0.25, 0.3) is 0 Å². The molecule has 1 atom stereocenters. The molecule has 1 aliphatic carbocycles. The van der Waals surface area contributed by atoms with Crippen LogP contribution in [0.1, 0.15) is 26.7 Å². The van der Waals surface area contributed by atoms with Crippen LogP contribution in [0.5, 0.6) is 0 Å². The summed E-state index contributed by atoms with van der Waals surface area (Å²) in [5.41, 5.74) is -1.11. The summed E-state index contributed by atoms with van der Waals surface area (Å²) in [7, 11) is 0. The van der Waals surface area contributed by atoms with Gasteiger partial charge in [-0.15, -0.1) is 0 Å². The van der Waals surface area contributed by atoms with Crippen molar-refractivity contribution in [3.05, 3.63) is 12.2 Å². The molecule has 1 fully saturated rings. The van der Waals surface area contributed by atoms with Gasteiger partial charge in [0.2, 0.25) is 11.8 Å². The van der Waals surface area contributed by atoms with E-state index in [1.165, 1.54) is 0 Å². The Bertz CT molecular complexity index is 392. The fraction of sp³-hybridized carbons (Fsp3) is 0.583. The Morgan fingerprint density at radius 3 is 2.29 bits per heavy atom. The lowest BCUT2D eigenvalue weighted by molar-refractivity contribution is -0.150. The van der Waals surface area contributed by atoms with Crippen molar-refractivity contribution >= 4 is 17.8 Å². The number of carbonyl (C=O) groups excluding carboxylic acids is 3. The lowest BCUT2D eigenvalue weighted by Gasteiger charge is -2.42. The number of allylic oxidation sites excluding steroid dienone is 2. The number of barbiturate groups is 1. The minimum absolute atomic E-state index is 0.0689. The Labute approximate surface area is 99.6 Å². The number of hydrogen-bond acceptors (Lipinski definition) is 3. The van der Waals surface area contributed by atoms with Crippen molar-refractivity contribution in [2.24, 2.45) is 17.3 Å². The molecule has 17 heavy (non-hydrogen) atoms. The number of urea groups is 1. The molecule has 0 aromatic heterocycles. The summed E-state index contributed by atoms with van der Waals surface area (Å²) in [6, 6.07) is -0.720. The predicted octanol–water partition coefficient (Wildman–Crippen LogP) is 0.961. The zero-order valence-electron chi connectivity index (χ0n) is 9.95. The fourth-order valence-corrected chi connectivity index (χ4v) is 2.79. The Balaban J connectivity index is 2.44. The van der Waals surface area contributed by atoms with Gasteiger partial charge in [-0.25, -0.2) is 4.79 Å². The summed E-state index contributed by atoms with van der Waals surface area (Å²) in [5.74, 6) is -0.797. The van der Waals surface area contributed by atoms with Crippen molar-refractivity contribution < 1.29 is 14.4 Å². The first-order valence-electron chi connectivity index (χ1n) is 5.80. The van der Waals surface area contributed by atoms with Crippen LogP contribution in [0.15, 0.2) is 12.2 Å². The van der Waals surface area contributed by atoms with Crippen molar-refractivity contribution in [1.29, 1.82) is 0 Å². The molecular formula is C12H16N2O3. The first-order valence-corrected chi connectivity index (χ1v) is 5.80. The average Bonchev–Trinajstić information content (AvgIpc) is 2.26. The van der Waals surface area contributed by atoms with Gasteiger partial charge in [-0.05, 0) is 24.7 Å². The van der Waals surface area contributed by atoms with Gasteiger partial charge in [0.05, 0.1) is 0 Å². The van der Waals surface area contributed by atoms with Gasteiger partial charge in [0.15, 0.2) is 0 Å². The van der Waals surface area contributed by atoms with Gasteiger partial charge in [-0.3, -0.25) is 20.2 Å². The summed E-state index contributed by atoms with van der Waals surface area (Å²) >= 11 is 0. The van der Waals surface area contributed by atoms with Crippen molar-refractivity contribution in [1.82, 2.24) is 10.6 Å². The highest BCUT2D eigenvalue weighted by Gasteiger charge is 2.55. The maximum Gasteiger partial charge on any atom is 0.328 e. The third kappa shape index (κ3) is 1.66. The minimum Gasteiger partial charge on any atom is -0.277 e. The van der Waals surface area contributed by atoms with Crippen molar-refractivity contribution in [2.45, 2.75) is 26.7 Å². The molecule has 1 saturated heterocycles. The Morgan fingerprint density at radius 1 is 1.18 bits per heavy atom. The van der Waals surface area contributed by atoms with Gasteiger partial charge in [-0.2, -0.15) is 0 Å². The summed E-state index contributed by atoms with van der Waals surface area (Å²) in [6.07, 6.45) is 4.88. The maximum atomic E-state index is 12.1. The lowest BCUT2D eigenvalue weighted by atomic mass is 9.62. The molecule has 4 amide bonds. The first kappa shape index (κ1) is 11.8. The molecule has 2 N–H and O–H groups in total. The third-order valence-electron chi connectivity index (χ3n) is 3.70. The summed E-state index contributed by atoms with van der Waals surface area (Å²) in [4.78, 5) is 35.3. The largest absolute Gasteiger partial charge is 0.328 e. The summed E-state index contributed by atoms with van der Waals surface area (Å²) < 4.78 is 0. The third-order valence-corrected chi connectivity index (χ3v) is 3.70. The number of carbonyl (C=O) groups is 3. The van der Waals surface area contributed by atoms with Gasteiger partial charge >= 0.3 is 6.03 Å². The molecule has 2 rings (SSSR count). The number of imide groups is 2. The normalized spacial score (nSPS) is 27.2. The van der Waals surface area contributed by atoms with Gasteiger partial charge in [0, 0.05) is 0 Å². The minimum atomic E-state index is -1.11. The van der Waals surface area contributed by atoms with Gasteiger partial charge in [-0.1, -0.05) is 26.0 Å². The summed E-state index contributed by atoms with van der Waals surface area (Å²) in [5, 5.41) is 4.42. The van der Waals surface area contributed by atoms with Crippen molar-refractivity contribution in [3.8, 4) is 0 Å². The van der Waals surface area contributed by atoms with E-state index in [0.717, 1.165) is 0 Å². The second kappa shape index (κ2) is 3.98. The highest BCUT2D eigenvalue weighted by atomic mass is 16.2. The topological polar surface area (TPSA) is 75.3 Å². The molecule has 0 saturated carbocycles. The number of hydrogen-bond donors (Lipinski definition) is 2. The van der Waals surface area contributed by atoms with Crippen LogP contribution in [0.2, 0.25) is 0 Å². The Kier molecular flexibility index (Phi) is 2.77. The monoisotopic (exact) mass is 236 g/mol. The molecule has 2 aliphatic rings. The van der Waals surface area contributed by atoms with E-state index in [9.17, 15) is 14.4 Å². The molecule has 0 aromatic rings. The molecule has 1 unspecified atom stereocenters. The van der Waals surface area contributed by atoms with Crippen LogP contribution in [0.25, 0.3) is 0 Å². The zero-order valence-corrected chi connectivity index (χ0v) is 9.95.